The van der Waals surface area contributed by atoms with Crippen LogP contribution in [0, 0.1) is 6.92 Å². The van der Waals surface area contributed by atoms with Gasteiger partial charge in [-0.25, -0.2) is 4.79 Å². The third kappa shape index (κ3) is 3.04. The number of hydrogen-bond acceptors (Lipinski definition) is 3. The standard InChI is InChI=1S/C22H16O3/c1-15-10-12-18(13-11-15)24-22(23)25-21-19-8-4-2-6-16(19)14-17-7-3-5-9-20(17)21/h2-14H,1H3. The molecular weight excluding hydrogens is 312 g/mol. The molecule has 0 aliphatic rings. The van der Waals surface area contributed by atoms with Crippen LogP contribution in [-0.4, -0.2) is 6.16 Å². The molecule has 3 heteroatoms. The van der Waals surface area contributed by atoms with E-state index in [0.29, 0.717) is 11.5 Å². The van der Waals surface area contributed by atoms with E-state index in [4.69, 9.17) is 9.47 Å². The molecule has 0 saturated carbocycles. The monoisotopic (exact) mass is 328 g/mol. The van der Waals surface area contributed by atoms with Crippen molar-refractivity contribution in [3.63, 3.8) is 0 Å². The minimum absolute atomic E-state index is 0.458. The van der Waals surface area contributed by atoms with E-state index in [1.54, 1.807) is 12.1 Å². The molecule has 25 heavy (non-hydrogen) atoms. The van der Waals surface area contributed by atoms with Gasteiger partial charge in [0.1, 0.15) is 11.5 Å². The molecule has 0 amide bonds. The van der Waals surface area contributed by atoms with E-state index in [9.17, 15) is 4.79 Å². The highest BCUT2D eigenvalue weighted by atomic mass is 16.7. The van der Waals surface area contributed by atoms with Crippen LogP contribution in [0.4, 0.5) is 4.79 Å². The average molecular weight is 328 g/mol. The van der Waals surface area contributed by atoms with Gasteiger partial charge in [0.15, 0.2) is 0 Å². The molecule has 0 unspecified atom stereocenters. The number of benzene rings is 4. The van der Waals surface area contributed by atoms with Gasteiger partial charge in [-0.05, 0) is 35.9 Å². The number of fused-ring (bicyclic) bond motifs is 2. The number of rotatable bonds is 2. The molecule has 4 rings (SSSR count). The Hall–Kier alpha value is -3.33. The van der Waals surface area contributed by atoms with E-state index in [-0.39, 0.29) is 0 Å². The van der Waals surface area contributed by atoms with E-state index < -0.39 is 6.16 Å². The topological polar surface area (TPSA) is 35.5 Å². The summed E-state index contributed by atoms with van der Waals surface area (Å²) in [7, 11) is 0. The van der Waals surface area contributed by atoms with Crippen LogP contribution >= 0.6 is 0 Å². The van der Waals surface area contributed by atoms with Crippen LogP contribution < -0.4 is 9.47 Å². The maximum atomic E-state index is 12.3. The molecule has 0 heterocycles. The Morgan fingerprint density at radius 3 is 1.88 bits per heavy atom. The highest BCUT2D eigenvalue weighted by molar-refractivity contribution is 6.06. The number of carbonyl (C=O) groups is 1. The number of hydrogen-bond donors (Lipinski definition) is 0. The van der Waals surface area contributed by atoms with Gasteiger partial charge >= 0.3 is 6.16 Å². The second-order valence-corrected chi connectivity index (χ2v) is 5.92. The Bertz CT molecular complexity index is 1010. The summed E-state index contributed by atoms with van der Waals surface area (Å²) in [5.41, 5.74) is 1.10. The Balaban J connectivity index is 1.74. The zero-order chi connectivity index (χ0) is 17.2. The maximum Gasteiger partial charge on any atom is 0.519 e. The summed E-state index contributed by atoms with van der Waals surface area (Å²) in [5, 5.41) is 3.78. The second kappa shape index (κ2) is 6.29. The molecule has 0 radical (unpaired) electrons. The smallest absolute Gasteiger partial charge is 0.395 e. The van der Waals surface area contributed by atoms with Crippen LogP contribution in [0.2, 0.25) is 0 Å². The SMILES string of the molecule is Cc1ccc(OC(=O)Oc2c3ccccc3cc3ccccc23)cc1. The number of carbonyl (C=O) groups excluding carboxylic acids is 1. The lowest BCUT2D eigenvalue weighted by molar-refractivity contribution is 0.153. The van der Waals surface area contributed by atoms with Crippen LogP contribution in [0.25, 0.3) is 21.5 Å². The predicted molar refractivity (Wildman–Crippen MR) is 99.3 cm³/mol. The predicted octanol–water partition coefficient (Wildman–Crippen LogP) is 5.88. The van der Waals surface area contributed by atoms with Crippen LogP contribution in [0.15, 0.2) is 78.9 Å². The summed E-state index contributed by atoms with van der Waals surface area (Å²) < 4.78 is 10.9. The van der Waals surface area contributed by atoms with E-state index in [1.165, 1.54) is 0 Å². The molecule has 3 nitrogen and oxygen atoms in total. The molecule has 0 fully saturated rings. The third-order valence-electron chi connectivity index (χ3n) is 4.13. The maximum absolute atomic E-state index is 12.3. The van der Waals surface area contributed by atoms with Crippen molar-refractivity contribution in [3.8, 4) is 11.5 Å². The van der Waals surface area contributed by atoms with Gasteiger partial charge in [0.05, 0.1) is 0 Å². The Morgan fingerprint density at radius 1 is 0.720 bits per heavy atom. The molecule has 0 bridgehead atoms. The zero-order valence-electron chi connectivity index (χ0n) is 13.7. The lowest BCUT2D eigenvalue weighted by atomic mass is 10.0. The summed E-state index contributed by atoms with van der Waals surface area (Å²) in [6, 6.07) is 25.0. The zero-order valence-corrected chi connectivity index (χ0v) is 13.7. The van der Waals surface area contributed by atoms with Gasteiger partial charge in [-0.1, -0.05) is 66.2 Å². The largest absolute Gasteiger partial charge is 0.519 e. The van der Waals surface area contributed by atoms with Gasteiger partial charge in [-0.15, -0.1) is 0 Å². The Labute approximate surface area is 145 Å². The van der Waals surface area contributed by atoms with Crippen LogP contribution in [0.3, 0.4) is 0 Å². The fraction of sp³-hybridized carbons (Fsp3) is 0.0455. The summed E-state index contributed by atoms with van der Waals surface area (Å²) >= 11 is 0. The summed E-state index contributed by atoms with van der Waals surface area (Å²) in [4.78, 5) is 12.3. The first-order valence-corrected chi connectivity index (χ1v) is 8.07. The van der Waals surface area contributed by atoms with E-state index in [1.807, 2.05) is 67.6 Å². The summed E-state index contributed by atoms with van der Waals surface area (Å²) in [6.45, 7) is 1.98. The highest BCUT2D eigenvalue weighted by Crippen LogP contribution is 2.35. The normalized spacial score (nSPS) is 10.8. The van der Waals surface area contributed by atoms with Gasteiger partial charge in [0.2, 0.25) is 0 Å². The van der Waals surface area contributed by atoms with Crippen molar-refractivity contribution in [2.24, 2.45) is 0 Å². The second-order valence-electron chi connectivity index (χ2n) is 5.92. The minimum Gasteiger partial charge on any atom is -0.395 e. The fourth-order valence-corrected chi connectivity index (χ4v) is 2.89. The van der Waals surface area contributed by atoms with Crippen molar-refractivity contribution < 1.29 is 14.3 Å². The van der Waals surface area contributed by atoms with Crippen molar-refractivity contribution in [1.29, 1.82) is 0 Å². The number of ether oxygens (including phenoxy) is 2. The first kappa shape index (κ1) is 15.2. The van der Waals surface area contributed by atoms with Crippen molar-refractivity contribution in [3.05, 3.63) is 84.4 Å². The van der Waals surface area contributed by atoms with E-state index in [2.05, 4.69) is 6.07 Å². The molecule has 0 N–H and O–H groups in total. The van der Waals surface area contributed by atoms with Crippen molar-refractivity contribution >= 4 is 27.7 Å². The van der Waals surface area contributed by atoms with Crippen LogP contribution in [0.1, 0.15) is 5.56 Å². The molecule has 0 aliphatic carbocycles. The summed E-state index contributed by atoms with van der Waals surface area (Å²) in [6.07, 6.45) is -0.745. The lowest BCUT2D eigenvalue weighted by Crippen LogP contribution is -2.14. The van der Waals surface area contributed by atoms with Crippen molar-refractivity contribution in [2.45, 2.75) is 6.92 Å². The van der Waals surface area contributed by atoms with Crippen molar-refractivity contribution in [1.82, 2.24) is 0 Å². The van der Waals surface area contributed by atoms with Gasteiger partial charge in [0, 0.05) is 10.8 Å². The quantitative estimate of drug-likeness (QED) is 0.262. The Morgan fingerprint density at radius 2 is 1.28 bits per heavy atom. The van der Waals surface area contributed by atoms with Gasteiger partial charge in [0.25, 0.3) is 0 Å². The lowest BCUT2D eigenvalue weighted by Gasteiger charge is -2.12. The molecule has 0 aromatic heterocycles. The average Bonchev–Trinajstić information content (AvgIpc) is 2.63. The van der Waals surface area contributed by atoms with E-state index >= 15 is 0 Å². The molecule has 0 spiro atoms. The van der Waals surface area contributed by atoms with Gasteiger partial charge < -0.3 is 9.47 Å². The number of aryl methyl sites for hydroxylation is 1. The molecule has 0 saturated heterocycles. The molecule has 0 atom stereocenters. The fourth-order valence-electron chi connectivity index (χ4n) is 2.89. The Kier molecular flexibility index (Phi) is 3.82. The molecule has 4 aromatic carbocycles. The first-order valence-electron chi connectivity index (χ1n) is 8.07. The third-order valence-corrected chi connectivity index (χ3v) is 4.13. The van der Waals surface area contributed by atoms with Crippen molar-refractivity contribution in [2.75, 3.05) is 0 Å². The van der Waals surface area contributed by atoms with Gasteiger partial charge in [-0.2, -0.15) is 0 Å². The molecular formula is C22H16O3. The molecule has 122 valence electrons. The van der Waals surface area contributed by atoms with E-state index in [0.717, 1.165) is 27.1 Å². The molecule has 4 aromatic rings. The highest BCUT2D eigenvalue weighted by Gasteiger charge is 2.14. The van der Waals surface area contributed by atoms with Crippen LogP contribution in [-0.2, 0) is 0 Å². The first-order chi connectivity index (χ1) is 12.2. The van der Waals surface area contributed by atoms with Gasteiger partial charge in [-0.3, -0.25) is 0 Å². The molecule has 0 aliphatic heterocycles. The summed E-state index contributed by atoms with van der Waals surface area (Å²) in [5.74, 6) is 0.978. The minimum atomic E-state index is -0.745. The van der Waals surface area contributed by atoms with Crippen LogP contribution in [0.5, 0.6) is 11.5 Å².